The van der Waals surface area contributed by atoms with E-state index in [0.717, 1.165) is 30.0 Å². The van der Waals surface area contributed by atoms with E-state index >= 15 is 0 Å². The molecule has 1 aromatic carbocycles. The van der Waals surface area contributed by atoms with Crippen LogP contribution in [0.1, 0.15) is 17.9 Å². The average Bonchev–Trinajstić information content (AvgIpc) is 3.22. The van der Waals surface area contributed by atoms with Gasteiger partial charge < -0.3 is 14.2 Å². The third-order valence-electron chi connectivity index (χ3n) is 5.00. The normalized spacial score (nSPS) is 14.3. The van der Waals surface area contributed by atoms with Crippen molar-refractivity contribution in [3.8, 4) is 11.5 Å². The molecule has 3 heterocycles. The summed E-state index contributed by atoms with van der Waals surface area (Å²) in [6.45, 7) is 5.00. The lowest BCUT2D eigenvalue weighted by molar-refractivity contribution is -0.131. The molecule has 144 valence electrons. The zero-order chi connectivity index (χ0) is 19.3. The van der Waals surface area contributed by atoms with Gasteiger partial charge in [-0.1, -0.05) is 24.3 Å². The number of aryl methyl sites for hydroxylation is 2. The van der Waals surface area contributed by atoms with Gasteiger partial charge in [0.25, 0.3) is 0 Å². The van der Waals surface area contributed by atoms with Crippen LogP contribution in [0.2, 0.25) is 0 Å². The number of carbonyl (C=O) groups is 1. The van der Waals surface area contributed by atoms with Crippen molar-refractivity contribution >= 4 is 11.7 Å². The first-order chi connectivity index (χ1) is 13.7. The maximum absolute atomic E-state index is 12.5. The summed E-state index contributed by atoms with van der Waals surface area (Å²) in [6.07, 6.45) is 2.62. The number of benzene rings is 1. The third kappa shape index (κ3) is 4.03. The quantitative estimate of drug-likeness (QED) is 0.681. The minimum absolute atomic E-state index is 0.122. The van der Waals surface area contributed by atoms with Crippen molar-refractivity contribution in [3.05, 3.63) is 60.1 Å². The van der Waals surface area contributed by atoms with E-state index < -0.39 is 0 Å². The fourth-order valence-electron chi connectivity index (χ4n) is 3.37. The van der Waals surface area contributed by atoms with Crippen molar-refractivity contribution in [2.75, 3.05) is 31.1 Å². The SMILES string of the molecule is Cc1ccccc1-c1nnc(CCC(=O)N2CCN(c3ccccn3)CC2)o1. The topological polar surface area (TPSA) is 75.4 Å². The van der Waals surface area contributed by atoms with Gasteiger partial charge in [-0.3, -0.25) is 4.79 Å². The molecule has 0 bridgehead atoms. The summed E-state index contributed by atoms with van der Waals surface area (Å²) in [5.41, 5.74) is 2.01. The fourth-order valence-corrected chi connectivity index (χ4v) is 3.37. The summed E-state index contributed by atoms with van der Waals surface area (Å²) in [5, 5.41) is 8.22. The van der Waals surface area contributed by atoms with Gasteiger partial charge >= 0.3 is 0 Å². The van der Waals surface area contributed by atoms with Crippen LogP contribution < -0.4 is 4.90 Å². The highest BCUT2D eigenvalue weighted by molar-refractivity contribution is 5.76. The zero-order valence-corrected chi connectivity index (χ0v) is 15.9. The predicted molar refractivity (Wildman–Crippen MR) is 106 cm³/mol. The first kappa shape index (κ1) is 18.2. The molecule has 0 unspecified atom stereocenters. The summed E-state index contributed by atoms with van der Waals surface area (Å²) < 4.78 is 5.75. The lowest BCUT2D eigenvalue weighted by Gasteiger charge is -2.35. The van der Waals surface area contributed by atoms with E-state index in [9.17, 15) is 4.79 Å². The van der Waals surface area contributed by atoms with Crippen molar-refractivity contribution in [2.45, 2.75) is 19.8 Å². The summed E-state index contributed by atoms with van der Waals surface area (Å²) in [6, 6.07) is 13.8. The molecular formula is C21H23N5O2. The van der Waals surface area contributed by atoms with Crippen LogP contribution in [0.25, 0.3) is 11.5 Å². The number of anilines is 1. The lowest BCUT2D eigenvalue weighted by Crippen LogP contribution is -2.49. The Hall–Kier alpha value is -3.22. The third-order valence-corrected chi connectivity index (χ3v) is 5.00. The zero-order valence-electron chi connectivity index (χ0n) is 15.9. The molecule has 0 spiro atoms. The van der Waals surface area contributed by atoms with Gasteiger partial charge in [-0.2, -0.15) is 0 Å². The molecule has 0 saturated carbocycles. The molecular weight excluding hydrogens is 354 g/mol. The van der Waals surface area contributed by atoms with Crippen LogP contribution in [0.3, 0.4) is 0 Å². The molecule has 1 aliphatic heterocycles. The summed E-state index contributed by atoms with van der Waals surface area (Å²) in [7, 11) is 0. The molecule has 28 heavy (non-hydrogen) atoms. The van der Waals surface area contributed by atoms with E-state index in [1.54, 1.807) is 6.20 Å². The van der Waals surface area contributed by atoms with Gasteiger partial charge in [-0.25, -0.2) is 4.98 Å². The number of rotatable bonds is 5. The summed E-state index contributed by atoms with van der Waals surface area (Å²) in [5.74, 6) is 2.09. The van der Waals surface area contributed by atoms with E-state index in [2.05, 4.69) is 20.1 Å². The molecule has 1 aliphatic rings. The number of hydrogen-bond acceptors (Lipinski definition) is 6. The molecule has 0 aliphatic carbocycles. The minimum Gasteiger partial charge on any atom is -0.421 e. The first-order valence-corrected chi connectivity index (χ1v) is 9.53. The lowest BCUT2D eigenvalue weighted by atomic mass is 10.1. The molecule has 7 heteroatoms. The van der Waals surface area contributed by atoms with E-state index in [4.69, 9.17) is 4.42 Å². The molecule has 7 nitrogen and oxygen atoms in total. The Morgan fingerprint density at radius 3 is 2.57 bits per heavy atom. The number of aromatic nitrogens is 3. The van der Waals surface area contributed by atoms with Crippen LogP contribution in [-0.2, 0) is 11.2 Å². The highest BCUT2D eigenvalue weighted by atomic mass is 16.4. The predicted octanol–water partition coefficient (Wildman–Crippen LogP) is 2.72. The van der Waals surface area contributed by atoms with E-state index in [0.29, 0.717) is 37.7 Å². The molecule has 1 fully saturated rings. The molecule has 4 rings (SSSR count). The highest BCUT2D eigenvalue weighted by Gasteiger charge is 2.22. The van der Waals surface area contributed by atoms with E-state index in [1.165, 1.54) is 0 Å². The van der Waals surface area contributed by atoms with Gasteiger partial charge in [0.1, 0.15) is 5.82 Å². The van der Waals surface area contributed by atoms with Crippen LogP contribution in [-0.4, -0.2) is 52.2 Å². The Balaban J connectivity index is 1.29. The average molecular weight is 377 g/mol. The molecule has 1 saturated heterocycles. The number of piperazine rings is 1. The van der Waals surface area contributed by atoms with Gasteiger partial charge in [-0.15, -0.1) is 10.2 Å². The van der Waals surface area contributed by atoms with Crippen LogP contribution in [0.15, 0.2) is 53.1 Å². The molecule has 0 radical (unpaired) electrons. The van der Waals surface area contributed by atoms with E-state index in [-0.39, 0.29) is 5.91 Å². The first-order valence-electron chi connectivity index (χ1n) is 9.53. The number of nitrogens with zero attached hydrogens (tertiary/aromatic N) is 5. The van der Waals surface area contributed by atoms with Gasteiger partial charge in [0.2, 0.25) is 17.7 Å². The van der Waals surface area contributed by atoms with Crippen LogP contribution in [0.5, 0.6) is 0 Å². The van der Waals surface area contributed by atoms with Crippen molar-refractivity contribution in [2.24, 2.45) is 0 Å². The second-order valence-electron chi connectivity index (χ2n) is 6.87. The van der Waals surface area contributed by atoms with Crippen molar-refractivity contribution in [1.82, 2.24) is 20.1 Å². The highest BCUT2D eigenvalue weighted by Crippen LogP contribution is 2.22. The molecule has 0 N–H and O–H groups in total. The van der Waals surface area contributed by atoms with Crippen LogP contribution >= 0.6 is 0 Å². The Bertz CT molecular complexity index is 933. The maximum atomic E-state index is 12.5. The molecule has 3 aromatic rings. The largest absolute Gasteiger partial charge is 0.421 e. The van der Waals surface area contributed by atoms with Gasteiger partial charge in [0, 0.05) is 50.8 Å². The Morgan fingerprint density at radius 1 is 1.04 bits per heavy atom. The molecule has 1 amide bonds. The van der Waals surface area contributed by atoms with Gasteiger partial charge in [0.05, 0.1) is 0 Å². The van der Waals surface area contributed by atoms with Gasteiger partial charge in [-0.05, 0) is 30.7 Å². The maximum Gasteiger partial charge on any atom is 0.247 e. The Morgan fingerprint density at radius 2 is 1.82 bits per heavy atom. The number of carbonyl (C=O) groups excluding carboxylic acids is 1. The standard InChI is InChI=1S/C21H23N5O2/c1-16-6-2-3-7-17(16)21-24-23-19(28-21)9-10-20(27)26-14-12-25(13-15-26)18-8-4-5-11-22-18/h2-8,11H,9-10,12-15H2,1H3. The van der Waals surface area contributed by atoms with Crippen molar-refractivity contribution in [3.63, 3.8) is 0 Å². The number of pyridine rings is 1. The van der Waals surface area contributed by atoms with Crippen molar-refractivity contribution < 1.29 is 9.21 Å². The molecule has 2 aromatic heterocycles. The van der Waals surface area contributed by atoms with Gasteiger partial charge in [0.15, 0.2) is 0 Å². The smallest absolute Gasteiger partial charge is 0.247 e. The summed E-state index contributed by atoms with van der Waals surface area (Å²) >= 11 is 0. The van der Waals surface area contributed by atoms with E-state index in [1.807, 2.05) is 54.3 Å². The Kier molecular flexibility index (Phi) is 5.32. The van der Waals surface area contributed by atoms with Crippen molar-refractivity contribution in [1.29, 1.82) is 0 Å². The second-order valence-corrected chi connectivity index (χ2v) is 6.87. The number of hydrogen-bond donors (Lipinski definition) is 0. The summed E-state index contributed by atoms with van der Waals surface area (Å²) in [4.78, 5) is 21.0. The fraction of sp³-hybridized carbons (Fsp3) is 0.333. The van der Waals surface area contributed by atoms with Crippen LogP contribution in [0.4, 0.5) is 5.82 Å². The van der Waals surface area contributed by atoms with Crippen LogP contribution in [0, 0.1) is 6.92 Å². The second kappa shape index (κ2) is 8.21. The monoisotopic (exact) mass is 377 g/mol. The molecule has 0 atom stereocenters. The Labute approximate surface area is 164 Å². The number of amides is 1. The minimum atomic E-state index is 0.122.